The first kappa shape index (κ1) is 13.8. The predicted molar refractivity (Wildman–Crippen MR) is 94.5 cm³/mol. The zero-order valence-electron chi connectivity index (χ0n) is 13.1. The van der Waals surface area contributed by atoms with Crippen molar-refractivity contribution in [2.24, 2.45) is 4.99 Å². The number of H-pyrrole nitrogens is 2. The molecule has 0 bridgehead atoms. The Balaban J connectivity index is 1.74. The number of aromatic hydroxyl groups is 1. The molecule has 0 saturated heterocycles. The molecule has 1 aliphatic heterocycles. The van der Waals surface area contributed by atoms with Gasteiger partial charge >= 0.3 is 0 Å². The van der Waals surface area contributed by atoms with Crippen LogP contribution in [0.1, 0.15) is 5.56 Å². The van der Waals surface area contributed by atoms with Crippen LogP contribution in [0.5, 0.6) is 5.88 Å². The van der Waals surface area contributed by atoms with Gasteiger partial charge in [0.05, 0.1) is 22.2 Å². The number of carbonyl (C=O) groups excluding carboxylic acids is 1. The van der Waals surface area contributed by atoms with Crippen molar-refractivity contribution >= 4 is 22.4 Å². The van der Waals surface area contributed by atoms with Gasteiger partial charge in [-0.05, 0) is 18.2 Å². The summed E-state index contributed by atoms with van der Waals surface area (Å²) < 4.78 is 0. The van der Waals surface area contributed by atoms with Crippen molar-refractivity contribution in [1.29, 1.82) is 0 Å². The van der Waals surface area contributed by atoms with Gasteiger partial charge in [-0.2, -0.15) is 0 Å². The molecular weight excluding hydrogens is 314 g/mol. The Morgan fingerprint density at radius 2 is 1.76 bits per heavy atom. The van der Waals surface area contributed by atoms with E-state index in [9.17, 15) is 9.90 Å². The van der Waals surface area contributed by atoms with Crippen LogP contribution in [0.2, 0.25) is 0 Å². The summed E-state index contributed by atoms with van der Waals surface area (Å²) in [5.41, 5.74) is 3.59. The summed E-state index contributed by atoms with van der Waals surface area (Å²) in [6, 6.07) is 17.1. The highest BCUT2D eigenvalue weighted by molar-refractivity contribution is 6.21. The Labute approximate surface area is 142 Å². The molecule has 0 radical (unpaired) electrons. The normalized spacial score (nSPS) is 13.3. The number of hydrogen-bond acceptors (Lipinski definition) is 2. The van der Waals surface area contributed by atoms with Gasteiger partial charge in [0.1, 0.15) is 0 Å². The van der Waals surface area contributed by atoms with Crippen molar-refractivity contribution < 1.29 is 9.90 Å². The fourth-order valence-corrected chi connectivity index (χ4v) is 3.40. The number of aromatic amines is 2. The standard InChI is InChI=1S/C20H13N3O2/c24-19-13(18-12-6-2-4-8-16(12)22-20(18)25)9-17(23-19)14-10-21-15-7-3-1-5-11(14)15/h1-10,21,23-24H. The van der Waals surface area contributed by atoms with Gasteiger partial charge in [0.15, 0.2) is 5.88 Å². The fraction of sp³-hybridized carbons (Fsp3) is 0. The third-order valence-electron chi connectivity index (χ3n) is 4.55. The van der Waals surface area contributed by atoms with Crippen molar-refractivity contribution in [1.82, 2.24) is 9.97 Å². The van der Waals surface area contributed by atoms with Gasteiger partial charge in [-0.25, -0.2) is 4.99 Å². The Morgan fingerprint density at radius 1 is 0.960 bits per heavy atom. The van der Waals surface area contributed by atoms with E-state index in [1.165, 1.54) is 0 Å². The van der Waals surface area contributed by atoms with Crippen molar-refractivity contribution in [2.75, 3.05) is 0 Å². The predicted octanol–water partition coefficient (Wildman–Crippen LogP) is 2.23. The van der Waals surface area contributed by atoms with Crippen LogP contribution in [-0.4, -0.2) is 21.0 Å². The van der Waals surface area contributed by atoms with Crippen molar-refractivity contribution in [3.63, 3.8) is 0 Å². The summed E-state index contributed by atoms with van der Waals surface area (Å²) in [6.07, 6.45) is 1.89. The molecule has 25 heavy (non-hydrogen) atoms. The number of amides is 1. The van der Waals surface area contributed by atoms with E-state index < -0.39 is 0 Å². The number of nitrogens with one attached hydrogen (secondary N) is 2. The molecule has 5 heteroatoms. The molecule has 2 aromatic carbocycles. The van der Waals surface area contributed by atoms with E-state index in [1.54, 1.807) is 12.1 Å². The molecule has 120 valence electrons. The van der Waals surface area contributed by atoms with Gasteiger partial charge in [-0.3, -0.25) is 4.79 Å². The number of nitrogens with zero attached hydrogens (tertiary/aromatic N) is 1. The summed E-state index contributed by atoms with van der Waals surface area (Å²) in [7, 11) is 0. The highest BCUT2D eigenvalue weighted by Crippen LogP contribution is 2.34. The van der Waals surface area contributed by atoms with E-state index in [-0.39, 0.29) is 11.8 Å². The van der Waals surface area contributed by atoms with Crippen LogP contribution in [0.4, 0.5) is 0 Å². The Kier molecular flexibility index (Phi) is 2.73. The average Bonchev–Trinajstić information content (AvgIpc) is 3.29. The van der Waals surface area contributed by atoms with Crippen molar-refractivity contribution in [2.45, 2.75) is 0 Å². The second-order valence-corrected chi connectivity index (χ2v) is 6.00. The minimum atomic E-state index is -0.332. The molecule has 3 N–H and O–H groups in total. The molecule has 0 aliphatic carbocycles. The highest BCUT2D eigenvalue weighted by atomic mass is 16.3. The van der Waals surface area contributed by atoms with Crippen LogP contribution in [-0.2, 0) is 4.79 Å². The first-order chi connectivity index (χ1) is 12.2. The molecule has 0 fully saturated rings. The minimum Gasteiger partial charge on any atom is -0.494 e. The van der Waals surface area contributed by atoms with Gasteiger partial charge in [0.25, 0.3) is 5.91 Å². The molecule has 3 heterocycles. The maximum absolute atomic E-state index is 12.4. The molecule has 0 saturated carbocycles. The maximum Gasteiger partial charge on any atom is 0.279 e. The first-order valence-electron chi connectivity index (χ1n) is 7.93. The smallest absolute Gasteiger partial charge is 0.279 e. The van der Waals surface area contributed by atoms with E-state index >= 15 is 0 Å². The maximum atomic E-state index is 12.4. The Bertz CT molecular complexity index is 1280. The van der Waals surface area contributed by atoms with Crippen molar-refractivity contribution in [3.8, 4) is 17.1 Å². The lowest BCUT2D eigenvalue weighted by atomic mass is 10.0. The molecule has 0 unspecified atom stereocenters. The van der Waals surface area contributed by atoms with Crippen LogP contribution in [0.3, 0.4) is 0 Å². The third kappa shape index (κ3) is 1.96. The van der Waals surface area contributed by atoms with Crippen LogP contribution in [0.25, 0.3) is 27.7 Å². The quantitative estimate of drug-likeness (QED) is 0.528. The molecule has 2 aromatic heterocycles. The minimum absolute atomic E-state index is 0.0319. The Hall–Kier alpha value is -3.60. The fourth-order valence-electron chi connectivity index (χ4n) is 3.40. The molecule has 1 amide bonds. The number of rotatable bonds is 2. The van der Waals surface area contributed by atoms with E-state index in [1.807, 2.05) is 48.7 Å². The summed E-state index contributed by atoms with van der Waals surface area (Å²) in [4.78, 5) is 22.6. The average molecular weight is 327 g/mol. The van der Waals surface area contributed by atoms with Gasteiger partial charge in [-0.1, -0.05) is 36.4 Å². The van der Waals surface area contributed by atoms with Crippen molar-refractivity contribution in [3.05, 3.63) is 76.9 Å². The summed E-state index contributed by atoms with van der Waals surface area (Å²) in [5.74, 6) is -0.364. The van der Waals surface area contributed by atoms with Crippen LogP contribution in [0.15, 0.2) is 65.8 Å². The van der Waals surface area contributed by atoms with E-state index in [4.69, 9.17) is 0 Å². The SMILES string of the molecule is O=C1N=c2ccccc2=C1c1cc(-c2c[nH]c3ccccc23)[nH]c1O. The number of fused-ring (bicyclic) bond motifs is 2. The topological polar surface area (TPSA) is 81.2 Å². The van der Waals surface area contributed by atoms with E-state index in [0.29, 0.717) is 16.5 Å². The molecule has 4 aromatic rings. The summed E-state index contributed by atoms with van der Waals surface area (Å²) in [5, 5.41) is 12.8. The molecule has 0 spiro atoms. The third-order valence-corrected chi connectivity index (χ3v) is 4.55. The Morgan fingerprint density at radius 3 is 2.68 bits per heavy atom. The molecule has 5 rings (SSSR count). The van der Waals surface area contributed by atoms with Gasteiger partial charge in [0.2, 0.25) is 0 Å². The second-order valence-electron chi connectivity index (χ2n) is 6.00. The lowest BCUT2D eigenvalue weighted by Crippen LogP contribution is -2.22. The molecular formula is C20H13N3O2. The summed E-state index contributed by atoms with van der Waals surface area (Å²) in [6.45, 7) is 0. The van der Waals surface area contributed by atoms with Gasteiger partial charge < -0.3 is 15.1 Å². The van der Waals surface area contributed by atoms with Crippen LogP contribution in [0, 0.1) is 0 Å². The van der Waals surface area contributed by atoms with Crippen LogP contribution < -0.4 is 10.6 Å². The summed E-state index contributed by atoms with van der Waals surface area (Å²) >= 11 is 0. The molecule has 5 nitrogen and oxygen atoms in total. The number of hydrogen-bond donors (Lipinski definition) is 3. The monoisotopic (exact) mass is 327 g/mol. The first-order valence-corrected chi connectivity index (χ1v) is 7.93. The molecule has 0 atom stereocenters. The number of para-hydroxylation sites is 2. The van der Waals surface area contributed by atoms with E-state index in [2.05, 4.69) is 15.0 Å². The van der Waals surface area contributed by atoms with E-state index in [0.717, 1.165) is 27.4 Å². The highest BCUT2D eigenvalue weighted by Gasteiger charge is 2.23. The zero-order chi connectivity index (χ0) is 17.0. The van der Waals surface area contributed by atoms with Crippen LogP contribution >= 0.6 is 0 Å². The zero-order valence-corrected chi connectivity index (χ0v) is 13.1. The molecule has 1 aliphatic rings. The number of benzene rings is 2. The van der Waals surface area contributed by atoms with Gasteiger partial charge in [0, 0.05) is 27.9 Å². The number of carbonyl (C=O) groups is 1. The largest absolute Gasteiger partial charge is 0.494 e. The lowest BCUT2D eigenvalue weighted by molar-refractivity contribution is -0.112. The second kappa shape index (κ2) is 4.95. The lowest BCUT2D eigenvalue weighted by Gasteiger charge is -1.96. The van der Waals surface area contributed by atoms with Gasteiger partial charge in [-0.15, -0.1) is 0 Å². The number of aromatic nitrogens is 2.